The van der Waals surface area contributed by atoms with Gasteiger partial charge in [-0.1, -0.05) is 23.7 Å². The minimum atomic E-state index is -4.60. The van der Waals surface area contributed by atoms with Crippen LogP contribution in [0, 0.1) is 11.3 Å². The molecule has 0 N–H and O–H groups in total. The molecule has 1 heterocycles. The topological polar surface area (TPSA) is 55.0 Å². The number of ether oxygens (including phenoxy) is 1. The van der Waals surface area contributed by atoms with Gasteiger partial charge in [0.05, 0.1) is 17.7 Å². The summed E-state index contributed by atoms with van der Waals surface area (Å²) in [6.45, 7) is -0.224. The third-order valence-electron chi connectivity index (χ3n) is 2.97. The Morgan fingerprint density at radius 2 is 2.00 bits per heavy atom. The minimum absolute atomic E-state index is 0.0871. The molecule has 0 aliphatic carbocycles. The van der Waals surface area contributed by atoms with E-state index in [-0.39, 0.29) is 13.2 Å². The van der Waals surface area contributed by atoms with Crippen molar-refractivity contribution < 1.29 is 17.9 Å². The maximum absolute atomic E-state index is 12.7. The van der Waals surface area contributed by atoms with Crippen molar-refractivity contribution in [2.24, 2.45) is 0 Å². The van der Waals surface area contributed by atoms with E-state index in [1.165, 1.54) is 0 Å². The fraction of sp³-hybridized carbons (Fsp3) is 0.200. The molecule has 0 unspecified atom stereocenters. The standard InChI is InChI=1S/C15H10ClF3N2O2/c16-12-7-11(15(17,18)19)9-21(14(12)22)5-6-23-13-4-2-1-3-10(13)8-20/h1-4,7,9H,5-6H2. The van der Waals surface area contributed by atoms with Gasteiger partial charge in [-0.2, -0.15) is 18.4 Å². The first-order chi connectivity index (χ1) is 10.8. The number of halogens is 4. The van der Waals surface area contributed by atoms with Gasteiger partial charge in [-0.05, 0) is 18.2 Å². The molecular weight excluding hydrogens is 333 g/mol. The van der Waals surface area contributed by atoms with Crippen LogP contribution in [0.15, 0.2) is 41.3 Å². The van der Waals surface area contributed by atoms with Crippen LogP contribution in [0.5, 0.6) is 5.75 Å². The van der Waals surface area contributed by atoms with Crippen molar-refractivity contribution in [3.8, 4) is 11.8 Å². The van der Waals surface area contributed by atoms with E-state index in [1.807, 2.05) is 6.07 Å². The highest BCUT2D eigenvalue weighted by Gasteiger charge is 2.32. The van der Waals surface area contributed by atoms with Crippen molar-refractivity contribution in [3.05, 3.63) is 63.0 Å². The Kier molecular flexibility index (Phi) is 4.96. The average Bonchev–Trinajstić information content (AvgIpc) is 2.50. The zero-order chi connectivity index (χ0) is 17.0. The van der Waals surface area contributed by atoms with Crippen LogP contribution in [0.4, 0.5) is 13.2 Å². The van der Waals surface area contributed by atoms with Crippen LogP contribution >= 0.6 is 11.6 Å². The van der Waals surface area contributed by atoms with Crippen LogP contribution < -0.4 is 10.3 Å². The lowest BCUT2D eigenvalue weighted by Gasteiger charge is -2.13. The first kappa shape index (κ1) is 16.9. The first-order valence-electron chi connectivity index (χ1n) is 6.42. The molecule has 8 heteroatoms. The van der Waals surface area contributed by atoms with Gasteiger partial charge in [-0.25, -0.2) is 0 Å². The van der Waals surface area contributed by atoms with Crippen molar-refractivity contribution in [2.45, 2.75) is 12.7 Å². The normalized spacial score (nSPS) is 11.1. The molecule has 0 radical (unpaired) electrons. The lowest BCUT2D eigenvalue weighted by Crippen LogP contribution is -2.25. The summed E-state index contributed by atoms with van der Waals surface area (Å²) >= 11 is 5.55. The first-order valence-corrected chi connectivity index (χ1v) is 6.80. The molecule has 0 amide bonds. The molecule has 4 nitrogen and oxygen atoms in total. The second-order valence-electron chi connectivity index (χ2n) is 4.53. The third-order valence-corrected chi connectivity index (χ3v) is 3.24. The van der Waals surface area contributed by atoms with E-state index in [1.54, 1.807) is 24.3 Å². The Balaban J connectivity index is 2.16. The smallest absolute Gasteiger partial charge is 0.417 e. The summed E-state index contributed by atoms with van der Waals surface area (Å²) in [6, 6.07) is 8.93. The second kappa shape index (κ2) is 6.75. The number of pyridine rings is 1. The van der Waals surface area contributed by atoms with E-state index in [2.05, 4.69) is 0 Å². The Hall–Kier alpha value is -2.46. The number of aromatic nitrogens is 1. The van der Waals surface area contributed by atoms with E-state index in [0.29, 0.717) is 23.6 Å². The molecule has 0 bridgehead atoms. The van der Waals surface area contributed by atoms with Gasteiger partial charge in [0.2, 0.25) is 0 Å². The molecule has 0 fully saturated rings. The minimum Gasteiger partial charge on any atom is -0.490 e. The van der Waals surface area contributed by atoms with Crippen molar-refractivity contribution in [2.75, 3.05) is 6.61 Å². The fourth-order valence-electron chi connectivity index (χ4n) is 1.86. The summed E-state index contributed by atoms with van der Waals surface area (Å²) in [6.07, 6.45) is -3.92. The molecule has 0 saturated heterocycles. The average molecular weight is 343 g/mol. The molecule has 2 aromatic rings. The number of hydrogen-bond donors (Lipinski definition) is 0. The Bertz CT molecular complexity index is 810. The van der Waals surface area contributed by atoms with E-state index in [4.69, 9.17) is 21.6 Å². The van der Waals surface area contributed by atoms with Crippen LogP contribution in [0.2, 0.25) is 5.02 Å². The fourth-order valence-corrected chi connectivity index (χ4v) is 2.09. The molecular formula is C15H10ClF3N2O2. The van der Waals surface area contributed by atoms with Gasteiger partial charge in [-0.15, -0.1) is 0 Å². The number of nitrogens with zero attached hydrogens (tertiary/aromatic N) is 2. The van der Waals surface area contributed by atoms with E-state index >= 15 is 0 Å². The Morgan fingerprint density at radius 3 is 2.65 bits per heavy atom. The van der Waals surface area contributed by atoms with Crippen LogP contribution in [-0.4, -0.2) is 11.2 Å². The number of rotatable bonds is 4. The van der Waals surface area contributed by atoms with Gasteiger partial charge in [0.15, 0.2) is 0 Å². The summed E-state index contributed by atoms with van der Waals surface area (Å²) in [4.78, 5) is 11.8. The van der Waals surface area contributed by atoms with Crippen LogP contribution in [0.25, 0.3) is 0 Å². The zero-order valence-electron chi connectivity index (χ0n) is 11.6. The Labute approximate surface area is 134 Å². The highest BCUT2D eigenvalue weighted by molar-refractivity contribution is 6.30. The molecule has 0 aliphatic rings. The monoisotopic (exact) mass is 342 g/mol. The zero-order valence-corrected chi connectivity index (χ0v) is 12.4. The van der Waals surface area contributed by atoms with Gasteiger partial charge >= 0.3 is 6.18 Å². The summed E-state index contributed by atoms with van der Waals surface area (Å²) in [5.74, 6) is 0.293. The van der Waals surface area contributed by atoms with E-state index < -0.39 is 22.3 Å². The Morgan fingerprint density at radius 1 is 1.30 bits per heavy atom. The molecule has 1 aromatic carbocycles. The van der Waals surface area contributed by atoms with Crippen molar-refractivity contribution in [1.29, 1.82) is 5.26 Å². The van der Waals surface area contributed by atoms with Gasteiger partial charge in [0.1, 0.15) is 23.4 Å². The van der Waals surface area contributed by atoms with E-state index in [9.17, 15) is 18.0 Å². The molecule has 23 heavy (non-hydrogen) atoms. The van der Waals surface area contributed by atoms with Gasteiger partial charge in [-0.3, -0.25) is 4.79 Å². The van der Waals surface area contributed by atoms with Crippen molar-refractivity contribution >= 4 is 11.6 Å². The van der Waals surface area contributed by atoms with Crippen molar-refractivity contribution in [3.63, 3.8) is 0 Å². The van der Waals surface area contributed by atoms with Crippen LogP contribution in [0.1, 0.15) is 11.1 Å². The molecule has 0 aliphatic heterocycles. The summed E-state index contributed by atoms with van der Waals surface area (Å²) in [5.41, 5.74) is -1.46. The maximum atomic E-state index is 12.7. The number of alkyl halides is 3. The predicted molar refractivity (Wildman–Crippen MR) is 77.4 cm³/mol. The quantitative estimate of drug-likeness (QED) is 0.855. The maximum Gasteiger partial charge on any atom is 0.417 e. The summed E-state index contributed by atoms with van der Waals surface area (Å²) in [5, 5.41) is 8.40. The predicted octanol–water partition coefficient (Wildman–Crippen LogP) is 3.47. The lowest BCUT2D eigenvalue weighted by molar-refractivity contribution is -0.138. The van der Waals surface area contributed by atoms with Crippen LogP contribution in [0.3, 0.4) is 0 Å². The number of para-hydroxylation sites is 1. The summed E-state index contributed by atoms with van der Waals surface area (Å²) < 4.78 is 44.4. The SMILES string of the molecule is N#Cc1ccccc1OCCn1cc(C(F)(F)F)cc(Cl)c1=O. The van der Waals surface area contributed by atoms with Gasteiger partial charge < -0.3 is 9.30 Å². The number of nitriles is 1. The molecule has 2 rings (SSSR count). The van der Waals surface area contributed by atoms with Crippen molar-refractivity contribution in [1.82, 2.24) is 4.57 Å². The molecule has 0 atom stereocenters. The van der Waals surface area contributed by atoms with E-state index in [0.717, 1.165) is 4.57 Å². The number of benzene rings is 1. The summed E-state index contributed by atoms with van der Waals surface area (Å²) in [7, 11) is 0. The highest BCUT2D eigenvalue weighted by atomic mass is 35.5. The molecule has 120 valence electrons. The van der Waals surface area contributed by atoms with Crippen LogP contribution in [-0.2, 0) is 12.7 Å². The molecule has 0 spiro atoms. The molecule has 0 saturated carbocycles. The third kappa shape index (κ3) is 4.05. The highest BCUT2D eigenvalue weighted by Crippen LogP contribution is 2.29. The van der Waals surface area contributed by atoms with Gasteiger partial charge in [0.25, 0.3) is 5.56 Å². The van der Waals surface area contributed by atoms with Gasteiger partial charge in [0, 0.05) is 6.20 Å². The number of hydrogen-bond acceptors (Lipinski definition) is 3. The largest absolute Gasteiger partial charge is 0.490 e. The second-order valence-corrected chi connectivity index (χ2v) is 4.94. The lowest BCUT2D eigenvalue weighted by atomic mass is 10.2. The molecule has 1 aromatic heterocycles.